The first-order valence-electron chi connectivity index (χ1n) is 4.62. The quantitative estimate of drug-likeness (QED) is 0.427. The van der Waals surface area contributed by atoms with Crippen molar-refractivity contribution in [1.29, 1.82) is 5.26 Å². The molecule has 15 heavy (non-hydrogen) atoms. The van der Waals surface area contributed by atoms with E-state index in [0.717, 1.165) is 11.3 Å². The molecule has 0 atom stereocenters. The zero-order valence-corrected chi connectivity index (χ0v) is 8.60. The Kier molecular flexibility index (Phi) is 3.61. The maximum Gasteiger partial charge on any atom is 0.167 e. The summed E-state index contributed by atoms with van der Waals surface area (Å²) in [6.07, 6.45) is 1.39. The molecule has 0 spiro atoms. The molecule has 0 amide bonds. The van der Waals surface area contributed by atoms with Crippen LogP contribution in [-0.4, -0.2) is 10.2 Å². The topological polar surface area (TPSA) is 98.3 Å². The smallest absolute Gasteiger partial charge is 0.167 e. The molecule has 76 valence electrons. The maximum atomic E-state index is 8.98. The van der Waals surface area contributed by atoms with Crippen LogP contribution in [0.25, 0.3) is 10.4 Å². The summed E-state index contributed by atoms with van der Waals surface area (Å²) in [6.45, 7) is 3.87. The van der Waals surface area contributed by atoms with E-state index in [1.807, 2.05) is 19.9 Å². The molecule has 1 aromatic heterocycles. The minimum absolute atomic E-state index is 0.0639. The third-order valence-corrected chi connectivity index (χ3v) is 2.08. The highest BCUT2D eigenvalue weighted by molar-refractivity contribution is 5.52. The van der Waals surface area contributed by atoms with Crippen molar-refractivity contribution in [3.63, 3.8) is 0 Å². The highest BCUT2D eigenvalue weighted by atomic mass is 15.2. The number of rotatable bonds is 3. The Labute approximate surface area is 87.2 Å². The average Bonchev–Trinajstić information content (AvgIpc) is 2.28. The number of nitrogens with zero attached hydrogens (tertiary/aromatic N) is 6. The third-order valence-electron chi connectivity index (χ3n) is 2.08. The molecule has 0 aromatic carbocycles. The van der Waals surface area contributed by atoms with E-state index in [0.29, 0.717) is 18.4 Å². The van der Waals surface area contributed by atoms with Gasteiger partial charge in [-0.25, -0.2) is 0 Å². The molecular formula is C9H10N6. The number of aryl methyl sites for hydroxylation is 1. The Bertz CT molecular complexity index is 452. The van der Waals surface area contributed by atoms with Crippen molar-refractivity contribution in [2.45, 2.75) is 26.7 Å². The van der Waals surface area contributed by atoms with Gasteiger partial charge in [0.2, 0.25) is 0 Å². The third kappa shape index (κ3) is 2.03. The van der Waals surface area contributed by atoms with Gasteiger partial charge in [-0.15, -0.1) is 5.10 Å². The molecule has 0 radical (unpaired) electrons. The van der Waals surface area contributed by atoms with Gasteiger partial charge in [0.15, 0.2) is 5.82 Å². The average molecular weight is 202 g/mol. The van der Waals surface area contributed by atoms with Gasteiger partial charge in [-0.2, -0.15) is 10.4 Å². The van der Waals surface area contributed by atoms with Gasteiger partial charge < -0.3 is 0 Å². The Morgan fingerprint density at radius 1 is 1.40 bits per heavy atom. The minimum atomic E-state index is 0.0639. The van der Waals surface area contributed by atoms with E-state index >= 15 is 0 Å². The first-order valence-corrected chi connectivity index (χ1v) is 4.62. The molecule has 1 heterocycles. The first-order chi connectivity index (χ1) is 7.28. The monoisotopic (exact) mass is 202 g/mol. The van der Waals surface area contributed by atoms with Crippen molar-refractivity contribution in [3.05, 3.63) is 27.3 Å². The second-order valence-electron chi connectivity index (χ2n) is 2.83. The molecule has 1 rings (SSSR count). The largest absolute Gasteiger partial charge is 0.192 e. The van der Waals surface area contributed by atoms with Crippen molar-refractivity contribution < 1.29 is 0 Å². The van der Waals surface area contributed by atoms with Gasteiger partial charge in [-0.3, -0.25) is 0 Å². The summed E-state index contributed by atoms with van der Waals surface area (Å²) in [6, 6.07) is 2.01. The molecule has 0 bridgehead atoms. The molecule has 0 saturated carbocycles. The molecule has 0 unspecified atom stereocenters. The predicted octanol–water partition coefficient (Wildman–Crippen LogP) is 2.41. The van der Waals surface area contributed by atoms with Crippen LogP contribution in [0.5, 0.6) is 0 Å². The molecular weight excluding hydrogens is 192 g/mol. The SMILES string of the molecule is CCc1nnc(N=[N+]=[N-])c(C#N)c1CC. The van der Waals surface area contributed by atoms with E-state index in [1.54, 1.807) is 0 Å². The van der Waals surface area contributed by atoms with Crippen LogP contribution in [0, 0.1) is 11.3 Å². The van der Waals surface area contributed by atoms with E-state index in [1.165, 1.54) is 0 Å². The standard InChI is InChI=1S/C9H10N6/c1-3-6-7(5-10)9(14-15-11)13-12-8(6)4-2/h3-4H2,1-2H3. The van der Waals surface area contributed by atoms with Crippen molar-refractivity contribution in [2.24, 2.45) is 5.11 Å². The van der Waals surface area contributed by atoms with Crippen LogP contribution in [0.2, 0.25) is 0 Å². The fourth-order valence-electron chi connectivity index (χ4n) is 1.39. The summed E-state index contributed by atoms with van der Waals surface area (Å²) in [5, 5.41) is 20.0. The van der Waals surface area contributed by atoms with Crippen LogP contribution >= 0.6 is 0 Å². The minimum Gasteiger partial charge on any atom is -0.192 e. The van der Waals surface area contributed by atoms with Gasteiger partial charge >= 0.3 is 0 Å². The summed E-state index contributed by atoms with van der Waals surface area (Å²) in [5.74, 6) is 0.0639. The lowest BCUT2D eigenvalue weighted by Gasteiger charge is -2.06. The van der Waals surface area contributed by atoms with Gasteiger partial charge in [0, 0.05) is 4.91 Å². The van der Waals surface area contributed by atoms with E-state index in [-0.39, 0.29) is 5.82 Å². The molecule has 6 heteroatoms. The lowest BCUT2D eigenvalue weighted by atomic mass is 10.0. The Morgan fingerprint density at radius 2 is 2.13 bits per heavy atom. The van der Waals surface area contributed by atoms with Crippen LogP contribution in [0.4, 0.5) is 5.82 Å². The summed E-state index contributed by atoms with van der Waals surface area (Å²) < 4.78 is 0. The zero-order valence-electron chi connectivity index (χ0n) is 8.60. The number of azide groups is 1. The molecule has 0 aliphatic rings. The summed E-state index contributed by atoms with van der Waals surface area (Å²) in [4.78, 5) is 2.62. The van der Waals surface area contributed by atoms with Crippen molar-refractivity contribution in [1.82, 2.24) is 10.2 Å². The summed E-state index contributed by atoms with van der Waals surface area (Å²) >= 11 is 0. The van der Waals surface area contributed by atoms with E-state index in [4.69, 9.17) is 10.8 Å². The normalized spacial score (nSPS) is 9.13. The van der Waals surface area contributed by atoms with Gasteiger partial charge in [0.25, 0.3) is 0 Å². The van der Waals surface area contributed by atoms with Crippen molar-refractivity contribution >= 4 is 5.82 Å². The van der Waals surface area contributed by atoms with Gasteiger partial charge in [0.05, 0.1) is 11.3 Å². The van der Waals surface area contributed by atoms with E-state index in [9.17, 15) is 0 Å². The van der Waals surface area contributed by atoms with Crippen LogP contribution < -0.4 is 0 Å². The van der Waals surface area contributed by atoms with Crippen LogP contribution in [0.15, 0.2) is 5.11 Å². The van der Waals surface area contributed by atoms with Crippen LogP contribution in [0.3, 0.4) is 0 Å². The summed E-state index contributed by atoms with van der Waals surface area (Å²) in [7, 11) is 0. The molecule has 0 fully saturated rings. The first kappa shape index (κ1) is 11.0. The summed E-state index contributed by atoms with van der Waals surface area (Å²) in [5.41, 5.74) is 10.2. The Morgan fingerprint density at radius 3 is 2.60 bits per heavy atom. The molecule has 0 aliphatic heterocycles. The highest BCUT2D eigenvalue weighted by Gasteiger charge is 2.12. The van der Waals surface area contributed by atoms with Gasteiger partial charge in [0.1, 0.15) is 6.07 Å². The maximum absolute atomic E-state index is 8.98. The zero-order chi connectivity index (χ0) is 11.3. The van der Waals surface area contributed by atoms with Crippen LogP contribution in [0.1, 0.15) is 30.7 Å². The Hall–Kier alpha value is -2.12. The second-order valence-corrected chi connectivity index (χ2v) is 2.83. The van der Waals surface area contributed by atoms with E-state index in [2.05, 4.69) is 20.2 Å². The second kappa shape index (κ2) is 4.94. The highest BCUT2D eigenvalue weighted by Crippen LogP contribution is 2.21. The lowest BCUT2D eigenvalue weighted by Crippen LogP contribution is -2.02. The molecule has 0 aliphatic carbocycles. The van der Waals surface area contributed by atoms with Crippen LogP contribution in [-0.2, 0) is 12.8 Å². The number of nitriles is 1. The number of hydrogen-bond acceptors (Lipinski definition) is 4. The molecule has 0 saturated heterocycles. The molecule has 1 aromatic rings. The van der Waals surface area contributed by atoms with Crippen molar-refractivity contribution in [3.8, 4) is 6.07 Å². The number of aromatic nitrogens is 2. The number of hydrogen-bond donors (Lipinski definition) is 0. The molecule has 0 N–H and O–H groups in total. The fraction of sp³-hybridized carbons (Fsp3) is 0.444. The Balaban J connectivity index is 3.49. The predicted molar refractivity (Wildman–Crippen MR) is 54.3 cm³/mol. The van der Waals surface area contributed by atoms with Gasteiger partial charge in [-0.1, -0.05) is 13.8 Å². The van der Waals surface area contributed by atoms with Gasteiger partial charge in [-0.05, 0) is 29.1 Å². The molecule has 6 nitrogen and oxygen atoms in total. The van der Waals surface area contributed by atoms with E-state index < -0.39 is 0 Å². The fourth-order valence-corrected chi connectivity index (χ4v) is 1.39. The lowest BCUT2D eigenvalue weighted by molar-refractivity contribution is 0.871. The van der Waals surface area contributed by atoms with Crippen molar-refractivity contribution in [2.75, 3.05) is 0 Å².